The van der Waals surface area contributed by atoms with Gasteiger partial charge in [-0.1, -0.05) is 25.3 Å². The number of nitrogens with one attached hydrogen (secondary N) is 1. The van der Waals surface area contributed by atoms with E-state index in [4.69, 9.17) is 4.42 Å². The van der Waals surface area contributed by atoms with Crippen LogP contribution in [0.15, 0.2) is 28.7 Å². The minimum absolute atomic E-state index is 0.136. The van der Waals surface area contributed by atoms with Crippen LogP contribution in [0.1, 0.15) is 43.6 Å². The van der Waals surface area contributed by atoms with Crippen LogP contribution >= 0.6 is 0 Å². The molecule has 0 atom stereocenters. The van der Waals surface area contributed by atoms with E-state index in [2.05, 4.69) is 10.3 Å². The Hall–Kier alpha value is -2.10. The van der Waals surface area contributed by atoms with Crippen molar-refractivity contribution in [2.75, 3.05) is 5.32 Å². The molecule has 1 saturated carbocycles. The van der Waals surface area contributed by atoms with Gasteiger partial charge >= 0.3 is 0 Å². The number of rotatable bonds is 3. The van der Waals surface area contributed by atoms with E-state index >= 15 is 0 Å². The first-order chi connectivity index (χ1) is 10.6. The van der Waals surface area contributed by atoms with Gasteiger partial charge in [0.1, 0.15) is 5.76 Å². The van der Waals surface area contributed by atoms with Crippen LogP contribution in [0.2, 0.25) is 0 Å². The normalized spacial score (nSPS) is 15.7. The smallest absolute Gasteiger partial charge is 0.227 e. The van der Waals surface area contributed by atoms with Crippen LogP contribution in [0.3, 0.4) is 0 Å². The van der Waals surface area contributed by atoms with Gasteiger partial charge in [0.15, 0.2) is 0 Å². The van der Waals surface area contributed by atoms with Crippen LogP contribution in [0.25, 0.3) is 11.5 Å². The third kappa shape index (κ3) is 3.21. The first-order valence-corrected chi connectivity index (χ1v) is 7.99. The van der Waals surface area contributed by atoms with Crippen molar-refractivity contribution in [1.29, 1.82) is 0 Å². The summed E-state index contributed by atoms with van der Waals surface area (Å²) < 4.78 is 5.65. The average Bonchev–Trinajstić information content (AvgIpc) is 2.88. The summed E-state index contributed by atoms with van der Waals surface area (Å²) in [6.07, 6.45) is 5.58. The highest BCUT2D eigenvalue weighted by atomic mass is 16.4. The Balaban J connectivity index is 1.74. The molecular weight excluding hydrogens is 276 g/mol. The van der Waals surface area contributed by atoms with Crippen molar-refractivity contribution in [2.24, 2.45) is 5.92 Å². The van der Waals surface area contributed by atoms with E-state index in [1.165, 1.54) is 6.42 Å². The number of aryl methyl sites for hydroxylation is 2. The standard InChI is InChI=1S/C18H22N2O2/c1-12-13(2)22-18(19-12)15-9-6-10-16(11-15)20-17(21)14-7-4-3-5-8-14/h6,9-11,14H,3-5,7-8H2,1-2H3,(H,20,21). The fraction of sp³-hybridized carbons (Fsp3) is 0.444. The van der Waals surface area contributed by atoms with Gasteiger partial charge in [-0.3, -0.25) is 4.79 Å². The molecule has 4 nitrogen and oxygen atoms in total. The first-order valence-electron chi connectivity index (χ1n) is 7.99. The number of carbonyl (C=O) groups excluding carboxylic acids is 1. The predicted octanol–water partition coefficient (Wildman–Crippen LogP) is 4.48. The Morgan fingerprint density at radius 2 is 2.00 bits per heavy atom. The molecule has 1 fully saturated rings. The van der Waals surface area contributed by atoms with Crippen molar-refractivity contribution in [2.45, 2.75) is 46.0 Å². The second kappa shape index (κ2) is 6.34. The Morgan fingerprint density at radius 1 is 1.23 bits per heavy atom. The second-order valence-electron chi connectivity index (χ2n) is 6.07. The second-order valence-corrected chi connectivity index (χ2v) is 6.07. The van der Waals surface area contributed by atoms with Gasteiger partial charge in [0.2, 0.25) is 11.8 Å². The molecule has 3 rings (SSSR count). The lowest BCUT2D eigenvalue weighted by molar-refractivity contribution is -0.120. The Labute approximate surface area is 130 Å². The lowest BCUT2D eigenvalue weighted by Gasteiger charge is -2.20. The maximum Gasteiger partial charge on any atom is 0.227 e. The number of benzene rings is 1. The average molecular weight is 298 g/mol. The maximum absolute atomic E-state index is 12.3. The van der Waals surface area contributed by atoms with E-state index in [0.29, 0.717) is 5.89 Å². The van der Waals surface area contributed by atoms with Gasteiger partial charge in [0, 0.05) is 17.2 Å². The summed E-state index contributed by atoms with van der Waals surface area (Å²) >= 11 is 0. The van der Waals surface area contributed by atoms with E-state index in [0.717, 1.165) is 48.4 Å². The molecule has 1 N–H and O–H groups in total. The molecule has 0 spiro atoms. The highest BCUT2D eigenvalue weighted by Gasteiger charge is 2.21. The zero-order valence-corrected chi connectivity index (χ0v) is 13.2. The van der Waals surface area contributed by atoms with Gasteiger partial charge in [-0.2, -0.15) is 0 Å². The summed E-state index contributed by atoms with van der Waals surface area (Å²) in [4.78, 5) is 16.7. The number of hydrogen-bond acceptors (Lipinski definition) is 3. The molecule has 1 amide bonds. The molecule has 1 aliphatic rings. The minimum atomic E-state index is 0.136. The number of carbonyl (C=O) groups is 1. The van der Waals surface area contributed by atoms with Crippen LogP contribution < -0.4 is 5.32 Å². The van der Waals surface area contributed by atoms with Crippen LogP contribution in [-0.4, -0.2) is 10.9 Å². The molecule has 1 heterocycles. The largest absolute Gasteiger partial charge is 0.441 e. The van der Waals surface area contributed by atoms with Gasteiger partial charge in [0.05, 0.1) is 5.69 Å². The summed E-state index contributed by atoms with van der Waals surface area (Å²) in [7, 11) is 0. The number of nitrogens with zero attached hydrogens (tertiary/aromatic N) is 1. The number of oxazole rings is 1. The highest BCUT2D eigenvalue weighted by molar-refractivity contribution is 5.93. The van der Waals surface area contributed by atoms with Gasteiger partial charge in [-0.25, -0.2) is 4.98 Å². The lowest BCUT2D eigenvalue weighted by Crippen LogP contribution is -2.24. The van der Waals surface area contributed by atoms with E-state index in [1.54, 1.807) is 0 Å². The molecule has 116 valence electrons. The summed E-state index contributed by atoms with van der Waals surface area (Å²) in [5.74, 6) is 1.72. The molecule has 22 heavy (non-hydrogen) atoms. The molecule has 0 aliphatic heterocycles. The number of anilines is 1. The van der Waals surface area contributed by atoms with E-state index in [1.807, 2.05) is 38.1 Å². The van der Waals surface area contributed by atoms with Crippen LogP contribution in [0, 0.1) is 19.8 Å². The van der Waals surface area contributed by atoms with Crippen molar-refractivity contribution in [1.82, 2.24) is 4.98 Å². The van der Waals surface area contributed by atoms with Crippen molar-refractivity contribution in [3.05, 3.63) is 35.7 Å². The number of aromatic nitrogens is 1. The number of amides is 1. The van der Waals surface area contributed by atoms with Crippen LogP contribution in [0.5, 0.6) is 0 Å². The van der Waals surface area contributed by atoms with Crippen molar-refractivity contribution >= 4 is 11.6 Å². The molecule has 0 radical (unpaired) electrons. The number of hydrogen-bond donors (Lipinski definition) is 1. The fourth-order valence-corrected chi connectivity index (χ4v) is 2.94. The molecular formula is C18H22N2O2. The molecule has 1 aromatic carbocycles. The minimum Gasteiger partial charge on any atom is -0.441 e. The molecule has 2 aromatic rings. The van der Waals surface area contributed by atoms with Crippen LogP contribution in [-0.2, 0) is 4.79 Å². The third-order valence-corrected chi connectivity index (χ3v) is 4.38. The Morgan fingerprint density at radius 3 is 2.68 bits per heavy atom. The Kier molecular flexibility index (Phi) is 4.27. The molecule has 0 saturated heterocycles. The van der Waals surface area contributed by atoms with Gasteiger partial charge < -0.3 is 9.73 Å². The monoisotopic (exact) mass is 298 g/mol. The molecule has 1 aliphatic carbocycles. The molecule has 0 bridgehead atoms. The van der Waals surface area contributed by atoms with Gasteiger partial charge in [-0.15, -0.1) is 0 Å². The topological polar surface area (TPSA) is 55.1 Å². The first kappa shape index (κ1) is 14.8. The van der Waals surface area contributed by atoms with Crippen molar-refractivity contribution in [3.63, 3.8) is 0 Å². The third-order valence-electron chi connectivity index (χ3n) is 4.38. The van der Waals surface area contributed by atoms with E-state index in [-0.39, 0.29) is 11.8 Å². The zero-order chi connectivity index (χ0) is 15.5. The lowest BCUT2D eigenvalue weighted by atomic mass is 9.88. The van der Waals surface area contributed by atoms with Crippen molar-refractivity contribution in [3.8, 4) is 11.5 Å². The summed E-state index contributed by atoms with van der Waals surface area (Å²) in [6.45, 7) is 3.83. The quantitative estimate of drug-likeness (QED) is 0.909. The summed E-state index contributed by atoms with van der Waals surface area (Å²) in [6, 6.07) is 7.69. The summed E-state index contributed by atoms with van der Waals surface area (Å²) in [5, 5.41) is 3.03. The Bertz CT molecular complexity index is 650. The fourth-order valence-electron chi connectivity index (χ4n) is 2.94. The summed E-state index contributed by atoms with van der Waals surface area (Å²) in [5.41, 5.74) is 2.59. The van der Waals surface area contributed by atoms with E-state index in [9.17, 15) is 4.79 Å². The zero-order valence-electron chi connectivity index (χ0n) is 13.2. The van der Waals surface area contributed by atoms with E-state index < -0.39 is 0 Å². The van der Waals surface area contributed by atoms with Gasteiger partial charge in [0.25, 0.3) is 0 Å². The van der Waals surface area contributed by atoms with Crippen molar-refractivity contribution < 1.29 is 9.21 Å². The molecule has 1 aromatic heterocycles. The van der Waals surface area contributed by atoms with Gasteiger partial charge in [-0.05, 0) is 44.9 Å². The molecule has 4 heteroatoms. The highest BCUT2D eigenvalue weighted by Crippen LogP contribution is 2.27. The SMILES string of the molecule is Cc1nc(-c2cccc(NC(=O)C3CCCCC3)c2)oc1C. The van der Waals surface area contributed by atoms with Crippen LogP contribution in [0.4, 0.5) is 5.69 Å². The predicted molar refractivity (Wildman–Crippen MR) is 86.6 cm³/mol. The molecule has 0 unspecified atom stereocenters. The maximum atomic E-state index is 12.3.